The molecule has 3 N–H and O–H groups in total. The first-order valence-corrected chi connectivity index (χ1v) is 15.9. The minimum Gasteiger partial charge on any atom is -0.378 e. The van der Waals surface area contributed by atoms with Gasteiger partial charge in [0.1, 0.15) is 17.8 Å². The summed E-state index contributed by atoms with van der Waals surface area (Å²) in [7, 11) is -3.80. The Hall–Kier alpha value is -4.26. The fourth-order valence-electron chi connectivity index (χ4n) is 5.69. The Kier molecular flexibility index (Phi) is 8.41. The second kappa shape index (κ2) is 12.5. The summed E-state index contributed by atoms with van der Waals surface area (Å²) < 4.78 is 34.8. The van der Waals surface area contributed by atoms with Crippen molar-refractivity contribution in [1.82, 2.24) is 25.2 Å². The van der Waals surface area contributed by atoms with Gasteiger partial charge in [-0.05, 0) is 66.9 Å². The number of carbonyl (C=O) groups excluding carboxylic acids is 1. The fourth-order valence-corrected chi connectivity index (χ4v) is 6.82. The van der Waals surface area contributed by atoms with Gasteiger partial charge in [-0.3, -0.25) is 14.4 Å². The van der Waals surface area contributed by atoms with Gasteiger partial charge in [0.2, 0.25) is 5.91 Å². The normalized spacial score (nSPS) is 18.0. The predicted molar refractivity (Wildman–Crippen MR) is 166 cm³/mol. The van der Waals surface area contributed by atoms with Gasteiger partial charge in [-0.15, -0.1) is 0 Å². The van der Waals surface area contributed by atoms with Crippen LogP contribution in [0.5, 0.6) is 0 Å². The van der Waals surface area contributed by atoms with E-state index >= 15 is 0 Å². The van der Waals surface area contributed by atoms with Gasteiger partial charge >= 0.3 is 0 Å². The van der Waals surface area contributed by atoms with Crippen LogP contribution in [0.3, 0.4) is 0 Å². The lowest BCUT2D eigenvalue weighted by Gasteiger charge is -2.33. The Morgan fingerprint density at radius 3 is 2.70 bits per heavy atom. The molecule has 43 heavy (non-hydrogen) atoms. The number of sulfonamides is 1. The van der Waals surface area contributed by atoms with Crippen LogP contribution >= 0.6 is 0 Å². The lowest BCUT2D eigenvalue weighted by molar-refractivity contribution is -0.117. The van der Waals surface area contributed by atoms with E-state index in [-0.39, 0.29) is 16.8 Å². The summed E-state index contributed by atoms with van der Waals surface area (Å²) >= 11 is 0. The number of aromatic nitrogens is 3. The summed E-state index contributed by atoms with van der Waals surface area (Å²) in [4.78, 5) is 28.6. The van der Waals surface area contributed by atoms with Crippen LogP contribution in [0, 0.1) is 0 Å². The number of ether oxygens (including phenoxy) is 1. The van der Waals surface area contributed by atoms with E-state index in [0.29, 0.717) is 32.0 Å². The minimum absolute atomic E-state index is 0.0555. The van der Waals surface area contributed by atoms with Crippen molar-refractivity contribution >= 4 is 38.5 Å². The molecule has 0 saturated carbocycles. The Balaban J connectivity index is 1.13. The number of aromatic amines is 1. The molecule has 1 amide bonds. The van der Waals surface area contributed by atoms with E-state index < -0.39 is 10.0 Å². The van der Waals surface area contributed by atoms with Crippen LogP contribution in [-0.2, 0) is 26.1 Å². The Morgan fingerprint density at radius 1 is 1.09 bits per heavy atom. The van der Waals surface area contributed by atoms with E-state index in [4.69, 9.17) is 4.74 Å². The second-order valence-electron chi connectivity index (χ2n) is 10.9. The zero-order valence-electron chi connectivity index (χ0n) is 23.8. The number of morpholine rings is 1. The number of nitrogens with zero attached hydrogens (tertiary/aromatic N) is 4. The smallest absolute Gasteiger partial charge is 0.261 e. The SMILES string of the molecule is C=CC(=O)NC1CCCN(Cc2cccc(S(=O)(=O)Nc3ccc(-c4cc5c(N6CCOCC6)ncnc5[nH]4)cc3)c2)C1. The van der Waals surface area contributed by atoms with Gasteiger partial charge in [-0.25, -0.2) is 18.4 Å². The van der Waals surface area contributed by atoms with Crippen LogP contribution in [0.25, 0.3) is 22.3 Å². The highest BCUT2D eigenvalue weighted by Gasteiger charge is 2.22. The number of amides is 1. The van der Waals surface area contributed by atoms with Crippen molar-refractivity contribution in [3.63, 3.8) is 0 Å². The van der Waals surface area contributed by atoms with Crippen molar-refractivity contribution in [2.45, 2.75) is 30.3 Å². The zero-order valence-corrected chi connectivity index (χ0v) is 24.6. The number of H-pyrrole nitrogens is 1. The molecule has 2 aromatic heterocycles. The lowest BCUT2D eigenvalue weighted by Crippen LogP contribution is -2.46. The van der Waals surface area contributed by atoms with Gasteiger partial charge in [0.05, 0.1) is 23.5 Å². The highest BCUT2D eigenvalue weighted by Crippen LogP contribution is 2.30. The number of likely N-dealkylation sites (tertiary alicyclic amines) is 1. The predicted octanol–water partition coefficient (Wildman–Crippen LogP) is 3.53. The molecule has 0 aliphatic carbocycles. The van der Waals surface area contributed by atoms with Crippen LogP contribution in [0.2, 0.25) is 0 Å². The Morgan fingerprint density at radius 2 is 1.91 bits per heavy atom. The van der Waals surface area contributed by atoms with E-state index in [1.807, 2.05) is 24.3 Å². The topological polar surface area (TPSA) is 133 Å². The molecule has 1 unspecified atom stereocenters. The standard InChI is InChI=1S/C31H35N7O4S/c1-2-29(39)34-25-6-4-12-37(20-25)19-22-5-3-7-26(17-22)43(40,41)36-24-10-8-23(9-11-24)28-18-27-30(35-28)32-21-33-31(27)38-13-15-42-16-14-38/h2-3,5,7-11,17-18,21,25,36H,1,4,6,12-16,19-20H2,(H,34,39)(H,32,33,35). The average Bonchev–Trinajstić information content (AvgIpc) is 3.47. The van der Waals surface area contributed by atoms with Gasteiger partial charge in [0.25, 0.3) is 10.0 Å². The molecule has 4 heterocycles. The van der Waals surface area contributed by atoms with Crippen molar-refractivity contribution in [2.24, 2.45) is 0 Å². The number of hydrogen-bond acceptors (Lipinski definition) is 8. The molecular formula is C31H35N7O4S. The van der Waals surface area contributed by atoms with Gasteiger partial charge < -0.3 is 19.9 Å². The van der Waals surface area contributed by atoms with Crippen LogP contribution in [0.4, 0.5) is 11.5 Å². The quantitative estimate of drug-likeness (QED) is 0.248. The van der Waals surface area contributed by atoms with E-state index in [1.165, 1.54) is 6.08 Å². The summed E-state index contributed by atoms with van der Waals surface area (Å²) in [5, 5.41) is 3.90. The maximum atomic E-state index is 13.3. The molecule has 11 nitrogen and oxygen atoms in total. The molecule has 12 heteroatoms. The molecule has 2 aliphatic heterocycles. The minimum atomic E-state index is -3.80. The molecule has 2 saturated heterocycles. The molecule has 1 atom stereocenters. The zero-order chi connectivity index (χ0) is 29.8. The number of piperidine rings is 1. The first-order valence-electron chi connectivity index (χ1n) is 14.4. The van der Waals surface area contributed by atoms with E-state index in [0.717, 1.165) is 66.1 Å². The number of nitrogens with one attached hydrogen (secondary N) is 3. The van der Waals surface area contributed by atoms with Crippen molar-refractivity contribution in [3.8, 4) is 11.3 Å². The van der Waals surface area contributed by atoms with Crippen LogP contribution < -0.4 is 14.9 Å². The van der Waals surface area contributed by atoms with Crippen molar-refractivity contribution in [3.05, 3.63) is 79.1 Å². The van der Waals surface area contributed by atoms with Crippen molar-refractivity contribution < 1.29 is 17.9 Å². The van der Waals surface area contributed by atoms with Gasteiger partial charge in [-0.1, -0.05) is 30.8 Å². The van der Waals surface area contributed by atoms with Crippen molar-refractivity contribution in [2.75, 3.05) is 49.0 Å². The number of hydrogen-bond donors (Lipinski definition) is 3. The number of benzene rings is 2. The summed E-state index contributed by atoms with van der Waals surface area (Å²) in [5.41, 5.74) is 3.89. The van der Waals surface area contributed by atoms with Gasteiger partial charge in [0, 0.05) is 43.6 Å². The highest BCUT2D eigenvalue weighted by atomic mass is 32.2. The monoisotopic (exact) mass is 601 g/mol. The number of fused-ring (bicyclic) bond motifs is 1. The van der Waals surface area contributed by atoms with Crippen molar-refractivity contribution in [1.29, 1.82) is 0 Å². The first kappa shape index (κ1) is 28.8. The van der Waals surface area contributed by atoms with E-state index in [9.17, 15) is 13.2 Å². The third-order valence-electron chi connectivity index (χ3n) is 7.82. The number of rotatable bonds is 9. The summed E-state index contributed by atoms with van der Waals surface area (Å²) in [6.45, 7) is 8.60. The molecular weight excluding hydrogens is 566 g/mol. The van der Waals surface area contributed by atoms with Crippen LogP contribution in [0.1, 0.15) is 18.4 Å². The Labute approximate surface area is 251 Å². The molecule has 2 aliphatic rings. The number of anilines is 2. The second-order valence-corrected chi connectivity index (χ2v) is 12.5. The molecule has 0 spiro atoms. The molecule has 0 bridgehead atoms. The molecule has 224 valence electrons. The third-order valence-corrected chi connectivity index (χ3v) is 9.19. The molecule has 2 fully saturated rings. The lowest BCUT2D eigenvalue weighted by atomic mass is 10.0. The van der Waals surface area contributed by atoms with E-state index in [2.05, 4.69) is 41.4 Å². The van der Waals surface area contributed by atoms with Crippen LogP contribution in [0.15, 0.2) is 78.5 Å². The molecule has 4 aromatic rings. The summed E-state index contributed by atoms with van der Waals surface area (Å²) in [5.74, 6) is 0.703. The highest BCUT2D eigenvalue weighted by molar-refractivity contribution is 7.92. The molecule has 6 rings (SSSR count). The summed E-state index contributed by atoms with van der Waals surface area (Å²) in [6, 6.07) is 16.3. The average molecular weight is 602 g/mol. The maximum Gasteiger partial charge on any atom is 0.261 e. The largest absolute Gasteiger partial charge is 0.378 e. The van der Waals surface area contributed by atoms with Gasteiger partial charge in [0.15, 0.2) is 0 Å². The first-order chi connectivity index (χ1) is 20.9. The van der Waals surface area contributed by atoms with E-state index in [1.54, 1.807) is 36.7 Å². The molecule has 2 aromatic carbocycles. The maximum absolute atomic E-state index is 13.3. The van der Waals surface area contributed by atoms with Gasteiger partial charge in [-0.2, -0.15) is 0 Å². The third kappa shape index (κ3) is 6.71. The van der Waals surface area contributed by atoms with Crippen LogP contribution in [-0.4, -0.2) is 79.6 Å². The Bertz CT molecular complexity index is 1720. The molecule has 0 radical (unpaired) electrons. The summed E-state index contributed by atoms with van der Waals surface area (Å²) in [6.07, 6.45) is 4.72. The fraction of sp³-hybridized carbons (Fsp3) is 0.323. The number of carbonyl (C=O) groups is 1.